The van der Waals surface area contributed by atoms with Crippen LogP contribution in [0.5, 0.6) is 11.5 Å². The number of hydrogen-bond donors (Lipinski definition) is 1. The number of benzene rings is 2. The predicted octanol–water partition coefficient (Wildman–Crippen LogP) is 4.01. The average Bonchev–Trinajstić information content (AvgIpc) is 3.20. The van der Waals surface area contributed by atoms with E-state index in [4.69, 9.17) is 14.2 Å². The van der Waals surface area contributed by atoms with E-state index in [-0.39, 0.29) is 24.5 Å². The van der Waals surface area contributed by atoms with Crippen molar-refractivity contribution in [3.8, 4) is 11.5 Å². The zero-order valence-electron chi connectivity index (χ0n) is 16.9. The Balaban J connectivity index is 1.56. The molecule has 3 aromatic rings. The summed E-state index contributed by atoms with van der Waals surface area (Å²) in [6.07, 6.45) is 0.149. The summed E-state index contributed by atoms with van der Waals surface area (Å²) in [5, 5.41) is 5.25. The van der Waals surface area contributed by atoms with Crippen molar-refractivity contribution in [2.24, 2.45) is 0 Å². The van der Waals surface area contributed by atoms with E-state index in [2.05, 4.69) is 10.3 Å². The van der Waals surface area contributed by atoms with E-state index in [0.29, 0.717) is 22.2 Å². The Morgan fingerprint density at radius 2 is 1.83 bits per heavy atom. The molecule has 2 aromatic carbocycles. The molecule has 0 saturated carbocycles. The number of carbonyl (C=O) groups is 2. The molecular formula is C22H22N2O5S. The summed E-state index contributed by atoms with van der Waals surface area (Å²) in [7, 11) is 2.96. The largest absolute Gasteiger partial charge is 0.493 e. The quantitative estimate of drug-likeness (QED) is 0.548. The number of aromatic nitrogens is 1. The van der Waals surface area contributed by atoms with Crippen molar-refractivity contribution in [1.29, 1.82) is 0 Å². The smallest absolute Gasteiger partial charge is 0.342 e. The Morgan fingerprint density at radius 1 is 1.07 bits per heavy atom. The van der Waals surface area contributed by atoms with Gasteiger partial charge < -0.3 is 19.5 Å². The van der Waals surface area contributed by atoms with Gasteiger partial charge in [0.2, 0.25) is 5.91 Å². The monoisotopic (exact) mass is 426 g/mol. The number of methoxy groups -OCH3 is 2. The van der Waals surface area contributed by atoms with E-state index in [0.717, 1.165) is 11.3 Å². The van der Waals surface area contributed by atoms with Crippen LogP contribution in [-0.4, -0.2) is 31.1 Å². The number of ether oxygens (including phenoxy) is 3. The molecule has 30 heavy (non-hydrogen) atoms. The highest BCUT2D eigenvalue weighted by Crippen LogP contribution is 2.31. The molecule has 156 valence electrons. The highest BCUT2D eigenvalue weighted by Gasteiger charge is 2.18. The van der Waals surface area contributed by atoms with Crippen LogP contribution >= 0.6 is 11.3 Å². The third-order valence-electron chi connectivity index (χ3n) is 4.22. The van der Waals surface area contributed by atoms with Crippen LogP contribution in [0.1, 0.15) is 26.6 Å². The summed E-state index contributed by atoms with van der Waals surface area (Å²) in [6, 6.07) is 12.6. The molecule has 0 fully saturated rings. The van der Waals surface area contributed by atoms with Gasteiger partial charge in [-0.2, -0.15) is 0 Å². The highest BCUT2D eigenvalue weighted by atomic mass is 32.1. The molecule has 0 aliphatic carbocycles. The van der Waals surface area contributed by atoms with Crippen LogP contribution in [0.2, 0.25) is 0 Å². The van der Waals surface area contributed by atoms with Gasteiger partial charge in [0.25, 0.3) is 0 Å². The zero-order valence-corrected chi connectivity index (χ0v) is 17.7. The number of hydrogen-bond acceptors (Lipinski definition) is 7. The second-order valence-corrected chi connectivity index (χ2v) is 7.38. The number of thiazole rings is 1. The summed E-state index contributed by atoms with van der Waals surface area (Å²) in [5.74, 6) is 0.0644. The Morgan fingerprint density at radius 3 is 2.53 bits per heavy atom. The molecule has 0 unspecified atom stereocenters. The average molecular weight is 426 g/mol. The van der Waals surface area contributed by atoms with Gasteiger partial charge in [-0.25, -0.2) is 9.78 Å². The maximum Gasteiger partial charge on any atom is 0.342 e. The molecule has 0 saturated heterocycles. The molecule has 8 heteroatoms. The number of para-hydroxylation sites is 1. The Bertz CT molecular complexity index is 1030. The van der Waals surface area contributed by atoms with Crippen molar-refractivity contribution in [1.82, 2.24) is 4.98 Å². The SMILES string of the molecule is COc1cccc(C(=O)OCc2csc(CC(=O)Nc3ccc(C)cc3)n2)c1OC. The van der Waals surface area contributed by atoms with Gasteiger partial charge in [-0.05, 0) is 31.2 Å². The minimum atomic E-state index is -0.544. The van der Waals surface area contributed by atoms with E-state index in [9.17, 15) is 9.59 Å². The first-order valence-electron chi connectivity index (χ1n) is 9.18. The first-order chi connectivity index (χ1) is 14.5. The third kappa shape index (κ3) is 5.36. The lowest BCUT2D eigenvalue weighted by Crippen LogP contribution is -2.14. The van der Waals surface area contributed by atoms with Crippen LogP contribution in [0, 0.1) is 6.92 Å². The van der Waals surface area contributed by atoms with Crippen LogP contribution in [0.3, 0.4) is 0 Å². The fourth-order valence-corrected chi connectivity index (χ4v) is 3.52. The van der Waals surface area contributed by atoms with E-state index in [1.807, 2.05) is 31.2 Å². The fourth-order valence-electron chi connectivity index (χ4n) is 2.74. The van der Waals surface area contributed by atoms with Gasteiger partial charge in [-0.3, -0.25) is 4.79 Å². The van der Waals surface area contributed by atoms with Gasteiger partial charge >= 0.3 is 5.97 Å². The molecule has 1 amide bonds. The minimum Gasteiger partial charge on any atom is -0.493 e. The van der Waals surface area contributed by atoms with Gasteiger partial charge in [0.05, 0.1) is 26.3 Å². The number of nitrogens with one attached hydrogen (secondary N) is 1. The van der Waals surface area contributed by atoms with Crippen molar-refractivity contribution in [2.75, 3.05) is 19.5 Å². The summed E-state index contributed by atoms with van der Waals surface area (Å²) in [5.41, 5.74) is 2.71. The zero-order chi connectivity index (χ0) is 21.5. The Hall–Kier alpha value is -3.39. The van der Waals surface area contributed by atoms with E-state index in [1.54, 1.807) is 23.6 Å². The topological polar surface area (TPSA) is 86.8 Å². The molecule has 0 radical (unpaired) electrons. The first-order valence-corrected chi connectivity index (χ1v) is 10.1. The van der Waals surface area contributed by atoms with E-state index < -0.39 is 5.97 Å². The second kappa shape index (κ2) is 9.89. The number of rotatable bonds is 8. The Kier molecular flexibility index (Phi) is 7.03. The standard InChI is InChI=1S/C22H22N2O5S/c1-14-7-9-15(10-8-14)23-19(25)11-20-24-16(13-30-20)12-29-22(26)17-5-4-6-18(27-2)21(17)28-3/h4-10,13H,11-12H2,1-3H3,(H,23,25). The summed E-state index contributed by atoms with van der Waals surface area (Å²) < 4.78 is 15.8. The van der Waals surface area contributed by atoms with Gasteiger partial charge in [-0.1, -0.05) is 23.8 Å². The maximum atomic E-state index is 12.4. The molecule has 0 aliphatic heterocycles. The minimum absolute atomic E-state index is 0.00468. The second-order valence-electron chi connectivity index (χ2n) is 6.44. The number of anilines is 1. The third-order valence-corrected chi connectivity index (χ3v) is 5.12. The van der Waals surface area contributed by atoms with Crippen LogP contribution in [0.25, 0.3) is 0 Å². The fraction of sp³-hybridized carbons (Fsp3) is 0.227. The van der Waals surface area contributed by atoms with Crippen molar-refractivity contribution >= 4 is 28.9 Å². The van der Waals surface area contributed by atoms with Crippen molar-refractivity contribution in [3.63, 3.8) is 0 Å². The molecule has 3 rings (SSSR count). The molecular weight excluding hydrogens is 404 g/mol. The van der Waals surface area contributed by atoms with Crippen LogP contribution in [0.15, 0.2) is 47.8 Å². The first kappa shape index (κ1) is 21.3. The molecule has 0 bridgehead atoms. The summed E-state index contributed by atoms with van der Waals surface area (Å²) in [6.45, 7) is 1.98. The maximum absolute atomic E-state index is 12.4. The predicted molar refractivity (Wildman–Crippen MR) is 114 cm³/mol. The van der Waals surface area contributed by atoms with Gasteiger partial charge in [-0.15, -0.1) is 11.3 Å². The number of nitrogens with zero attached hydrogens (tertiary/aromatic N) is 1. The lowest BCUT2D eigenvalue weighted by molar-refractivity contribution is -0.115. The summed E-state index contributed by atoms with van der Waals surface area (Å²) in [4.78, 5) is 29.0. The van der Waals surface area contributed by atoms with Gasteiger partial charge in [0.15, 0.2) is 11.5 Å². The molecule has 0 aliphatic rings. The van der Waals surface area contributed by atoms with E-state index >= 15 is 0 Å². The summed E-state index contributed by atoms with van der Waals surface area (Å²) >= 11 is 1.34. The number of esters is 1. The lowest BCUT2D eigenvalue weighted by Gasteiger charge is -2.11. The van der Waals surface area contributed by atoms with Crippen LogP contribution < -0.4 is 14.8 Å². The molecule has 7 nitrogen and oxygen atoms in total. The van der Waals surface area contributed by atoms with Crippen molar-refractivity contribution in [2.45, 2.75) is 20.0 Å². The molecule has 0 spiro atoms. The molecule has 1 N–H and O–H groups in total. The van der Waals surface area contributed by atoms with Crippen LogP contribution in [-0.2, 0) is 22.6 Å². The number of aryl methyl sites for hydroxylation is 1. The van der Waals surface area contributed by atoms with Gasteiger partial charge in [0.1, 0.15) is 17.2 Å². The number of amides is 1. The Labute approximate surface area is 178 Å². The molecule has 1 heterocycles. The normalized spacial score (nSPS) is 10.4. The van der Waals surface area contributed by atoms with E-state index in [1.165, 1.54) is 25.6 Å². The highest BCUT2D eigenvalue weighted by molar-refractivity contribution is 7.09. The van der Waals surface area contributed by atoms with Crippen LogP contribution in [0.4, 0.5) is 5.69 Å². The van der Waals surface area contributed by atoms with Crippen molar-refractivity contribution in [3.05, 3.63) is 69.7 Å². The molecule has 0 atom stereocenters. The molecule has 1 aromatic heterocycles. The lowest BCUT2D eigenvalue weighted by atomic mass is 10.2. The van der Waals surface area contributed by atoms with Gasteiger partial charge in [0, 0.05) is 11.1 Å². The van der Waals surface area contributed by atoms with Crippen molar-refractivity contribution < 1.29 is 23.8 Å². The number of carbonyl (C=O) groups excluding carboxylic acids is 2.